The molecule has 0 aromatic carbocycles. The molecule has 5 heteroatoms. The zero-order valence-corrected chi connectivity index (χ0v) is 9.10. The first-order chi connectivity index (χ1) is 7.08. The number of hydrogen-bond donors (Lipinski definition) is 1. The van der Waals surface area contributed by atoms with Gasteiger partial charge < -0.3 is 10.6 Å². The average molecular weight is 208 g/mol. The van der Waals surface area contributed by atoms with Gasteiger partial charge in [0.25, 0.3) is 0 Å². The summed E-state index contributed by atoms with van der Waals surface area (Å²) in [5.41, 5.74) is 5.72. The van der Waals surface area contributed by atoms with Gasteiger partial charge in [0.05, 0.1) is 18.2 Å². The molecule has 0 aliphatic carbocycles. The number of amides is 1. The lowest BCUT2D eigenvalue weighted by Gasteiger charge is -2.23. The van der Waals surface area contributed by atoms with E-state index in [4.69, 9.17) is 16.3 Å². The zero-order valence-electron chi connectivity index (χ0n) is 9.10. The minimum atomic E-state index is -0.628. The van der Waals surface area contributed by atoms with Crippen molar-refractivity contribution in [3.63, 3.8) is 0 Å². The van der Waals surface area contributed by atoms with Gasteiger partial charge in [-0.3, -0.25) is 4.79 Å². The maximum Gasteiger partial charge on any atom is 0.241 e. The minimum Gasteiger partial charge on any atom is -0.320 e. The number of rotatable bonds is 5. The van der Waals surface area contributed by atoms with Crippen LogP contribution in [-0.4, -0.2) is 29.9 Å². The largest absolute Gasteiger partial charge is 0.320 e. The van der Waals surface area contributed by atoms with Crippen molar-refractivity contribution in [2.75, 3.05) is 13.1 Å². The highest BCUT2D eigenvalue weighted by Crippen LogP contribution is 2.08. The van der Waals surface area contributed by atoms with E-state index in [1.165, 1.54) is 4.90 Å². The molecule has 0 aromatic heterocycles. The third kappa shape index (κ3) is 3.97. The van der Waals surface area contributed by atoms with Crippen LogP contribution in [0.3, 0.4) is 0 Å². The second-order valence-electron chi connectivity index (χ2n) is 3.42. The van der Waals surface area contributed by atoms with Gasteiger partial charge in [-0.15, -0.1) is 0 Å². The first-order valence-electron chi connectivity index (χ1n) is 4.86. The molecule has 2 atom stereocenters. The summed E-state index contributed by atoms with van der Waals surface area (Å²) in [6.07, 6.45) is 0.792. The molecule has 82 valence electrons. The molecule has 0 saturated carbocycles. The fourth-order valence-electron chi connectivity index (χ4n) is 1.09. The van der Waals surface area contributed by atoms with Crippen molar-refractivity contribution in [3.8, 4) is 12.1 Å². The maximum atomic E-state index is 11.7. The van der Waals surface area contributed by atoms with Gasteiger partial charge in [-0.2, -0.15) is 10.5 Å². The average Bonchev–Trinajstić information content (AvgIpc) is 2.25. The molecule has 0 aliphatic rings. The number of carbonyl (C=O) groups excluding carboxylic acids is 1. The molecule has 0 aromatic rings. The minimum absolute atomic E-state index is 0.0531. The Kier molecular flexibility index (Phi) is 6.08. The summed E-state index contributed by atoms with van der Waals surface area (Å²) in [6, 6.07) is 3.06. The SMILES string of the molecule is CC[C@H](C)[C@H](N)C(=O)N(CC#N)CC#N. The molecule has 0 heterocycles. The smallest absolute Gasteiger partial charge is 0.241 e. The van der Waals surface area contributed by atoms with Gasteiger partial charge in [0.2, 0.25) is 5.91 Å². The van der Waals surface area contributed by atoms with E-state index in [9.17, 15) is 4.79 Å². The van der Waals surface area contributed by atoms with Crippen LogP contribution in [0, 0.1) is 28.6 Å². The predicted molar refractivity (Wildman–Crippen MR) is 55.2 cm³/mol. The molecule has 0 aliphatic heterocycles. The fraction of sp³-hybridized carbons (Fsp3) is 0.700. The van der Waals surface area contributed by atoms with E-state index in [1.54, 1.807) is 0 Å². The van der Waals surface area contributed by atoms with Gasteiger partial charge in [0.15, 0.2) is 0 Å². The fourth-order valence-corrected chi connectivity index (χ4v) is 1.09. The van der Waals surface area contributed by atoms with E-state index in [-0.39, 0.29) is 24.9 Å². The highest BCUT2D eigenvalue weighted by molar-refractivity contribution is 5.82. The van der Waals surface area contributed by atoms with Crippen molar-refractivity contribution in [1.82, 2.24) is 4.90 Å². The number of nitrogens with two attached hydrogens (primary N) is 1. The zero-order chi connectivity index (χ0) is 11.8. The van der Waals surface area contributed by atoms with E-state index < -0.39 is 6.04 Å². The van der Waals surface area contributed by atoms with Gasteiger partial charge in [-0.05, 0) is 5.92 Å². The third-order valence-corrected chi connectivity index (χ3v) is 2.38. The Bertz CT molecular complexity index is 273. The molecule has 15 heavy (non-hydrogen) atoms. The summed E-state index contributed by atoms with van der Waals surface area (Å²) >= 11 is 0. The first-order valence-corrected chi connectivity index (χ1v) is 4.86. The van der Waals surface area contributed by atoms with Crippen molar-refractivity contribution in [2.24, 2.45) is 11.7 Å². The molecule has 0 unspecified atom stereocenters. The van der Waals surface area contributed by atoms with Crippen LogP contribution in [0.5, 0.6) is 0 Å². The van der Waals surface area contributed by atoms with E-state index >= 15 is 0 Å². The molecule has 1 amide bonds. The Morgan fingerprint density at radius 2 is 1.87 bits per heavy atom. The summed E-state index contributed by atoms with van der Waals surface area (Å²) in [4.78, 5) is 12.9. The van der Waals surface area contributed by atoms with Crippen molar-refractivity contribution in [2.45, 2.75) is 26.3 Å². The standard InChI is InChI=1S/C10H16N4O/c1-3-8(2)9(13)10(15)14(6-4-11)7-5-12/h8-9H,3,6-7,13H2,1-2H3/t8-,9-/m0/s1. The van der Waals surface area contributed by atoms with Crippen LogP contribution in [0.15, 0.2) is 0 Å². The van der Waals surface area contributed by atoms with Crippen molar-refractivity contribution in [3.05, 3.63) is 0 Å². The number of nitrogens with zero attached hydrogens (tertiary/aromatic N) is 3. The Morgan fingerprint density at radius 1 is 1.40 bits per heavy atom. The van der Waals surface area contributed by atoms with Crippen LogP contribution < -0.4 is 5.73 Å². The lowest BCUT2D eigenvalue weighted by atomic mass is 9.99. The highest BCUT2D eigenvalue weighted by Gasteiger charge is 2.24. The first kappa shape index (κ1) is 13.4. The van der Waals surface area contributed by atoms with Crippen molar-refractivity contribution in [1.29, 1.82) is 10.5 Å². The Balaban J connectivity index is 4.50. The summed E-state index contributed by atoms with van der Waals surface area (Å²) < 4.78 is 0. The van der Waals surface area contributed by atoms with Gasteiger partial charge in [-0.1, -0.05) is 20.3 Å². The summed E-state index contributed by atoms with van der Waals surface area (Å²) in [6.45, 7) is 3.64. The lowest BCUT2D eigenvalue weighted by molar-refractivity contribution is -0.132. The number of nitriles is 2. The summed E-state index contributed by atoms with van der Waals surface area (Å²) in [5, 5.41) is 17.0. The van der Waals surface area contributed by atoms with Gasteiger partial charge in [0.1, 0.15) is 13.1 Å². The molecule has 0 saturated heterocycles. The Morgan fingerprint density at radius 3 is 2.20 bits per heavy atom. The highest BCUT2D eigenvalue weighted by atomic mass is 16.2. The second-order valence-corrected chi connectivity index (χ2v) is 3.42. The number of hydrogen-bond acceptors (Lipinski definition) is 4. The van der Waals surface area contributed by atoms with Crippen LogP contribution >= 0.6 is 0 Å². The van der Waals surface area contributed by atoms with E-state index in [1.807, 2.05) is 26.0 Å². The molecule has 0 bridgehead atoms. The topological polar surface area (TPSA) is 93.9 Å². The molecule has 5 nitrogen and oxygen atoms in total. The van der Waals surface area contributed by atoms with Crippen LogP contribution in [0.4, 0.5) is 0 Å². The maximum absolute atomic E-state index is 11.7. The van der Waals surface area contributed by atoms with E-state index in [0.29, 0.717) is 0 Å². The lowest BCUT2D eigenvalue weighted by Crippen LogP contribution is -2.47. The summed E-state index contributed by atoms with van der Waals surface area (Å²) in [5.74, 6) is -0.273. The van der Waals surface area contributed by atoms with E-state index in [2.05, 4.69) is 0 Å². The second kappa shape index (κ2) is 6.80. The molecule has 0 rings (SSSR count). The summed E-state index contributed by atoms with van der Waals surface area (Å²) in [7, 11) is 0. The quantitative estimate of drug-likeness (QED) is 0.654. The third-order valence-electron chi connectivity index (χ3n) is 2.38. The van der Waals surface area contributed by atoms with Crippen LogP contribution in [-0.2, 0) is 4.79 Å². The molecule has 0 fully saturated rings. The molecular weight excluding hydrogens is 192 g/mol. The van der Waals surface area contributed by atoms with Crippen LogP contribution in [0.2, 0.25) is 0 Å². The van der Waals surface area contributed by atoms with Crippen LogP contribution in [0.1, 0.15) is 20.3 Å². The van der Waals surface area contributed by atoms with Gasteiger partial charge in [-0.25, -0.2) is 0 Å². The molecule has 0 spiro atoms. The molecular formula is C10H16N4O. The van der Waals surface area contributed by atoms with E-state index in [0.717, 1.165) is 6.42 Å². The molecule has 2 N–H and O–H groups in total. The van der Waals surface area contributed by atoms with Crippen molar-refractivity contribution < 1.29 is 4.79 Å². The van der Waals surface area contributed by atoms with Crippen LogP contribution in [0.25, 0.3) is 0 Å². The number of carbonyl (C=O) groups is 1. The van der Waals surface area contributed by atoms with Gasteiger partial charge in [0, 0.05) is 0 Å². The Hall–Kier alpha value is -1.59. The van der Waals surface area contributed by atoms with Crippen molar-refractivity contribution >= 4 is 5.91 Å². The normalized spacial score (nSPS) is 13.4. The molecule has 0 radical (unpaired) electrons. The van der Waals surface area contributed by atoms with Gasteiger partial charge >= 0.3 is 0 Å². The monoisotopic (exact) mass is 208 g/mol. The Labute approximate surface area is 90.1 Å². The predicted octanol–water partition coefficient (Wildman–Crippen LogP) is 0.236.